The average molecular weight is 158 g/mol. The van der Waals surface area contributed by atoms with Crippen LogP contribution in [0.15, 0.2) is 0 Å². The molecule has 0 N–H and O–H groups in total. The van der Waals surface area contributed by atoms with Crippen LogP contribution in [0.1, 0.15) is 0 Å². The summed E-state index contributed by atoms with van der Waals surface area (Å²) in [6.07, 6.45) is -3.30. The first-order valence-corrected chi connectivity index (χ1v) is 2.69. The van der Waals surface area contributed by atoms with Gasteiger partial charge in [-0.25, -0.2) is 4.39 Å². The molecule has 2 nitrogen and oxygen atoms in total. The Morgan fingerprint density at radius 2 is 2.00 bits per heavy atom. The third-order valence-electron chi connectivity index (χ3n) is 0.790. The summed E-state index contributed by atoms with van der Waals surface area (Å²) in [4.78, 5) is 0. The lowest BCUT2D eigenvalue weighted by atomic mass is 10.6. The monoisotopic (exact) mass is 158 g/mol. The van der Waals surface area contributed by atoms with E-state index in [2.05, 4.69) is 9.47 Å². The molecule has 0 spiro atoms. The van der Waals surface area contributed by atoms with Crippen LogP contribution in [0.4, 0.5) is 13.2 Å². The van der Waals surface area contributed by atoms with Crippen LogP contribution in [0, 0.1) is 0 Å². The first-order chi connectivity index (χ1) is 4.62. The Bertz CT molecular complexity index is 87.0. The number of ether oxygens (including phenoxy) is 2. The van der Waals surface area contributed by atoms with Crippen molar-refractivity contribution in [1.29, 1.82) is 0 Å². The molecule has 10 heavy (non-hydrogen) atoms. The van der Waals surface area contributed by atoms with Gasteiger partial charge in [0.05, 0.1) is 6.61 Å². The lowest BCUT2D eigenvalue weighted by molar-refractivity contribution is -0.250. The molecule has 0 atom stereocenters. The number of methoxy groups -OCH3 is 1. The third kappa shape index (κ3) is 4.58. The summed E-state index contributed by atoms with van der Waals surface area (Å²) in [5, 5.41) is 0. The molecule has 0 amide bonds. The molecule has 0 heterocycles. The maximum Gasteiger partial charge on any atom is 0.378 e. The smallest absolute Gasteiger partial charge is 0.370 e. The van der Waals surface area contributed by atoms with E-state index in [0.29, 0.717) is 0 Å². The fourth-order valence-corrected chi connectivity index (χ4v) is 0.304. The standard InChI is InChI=1S/C5H9F3O2/c1-9-5(7,8)4-10-3-2-6/h2-4H2,1H3. The largest absolute Gasteiger partial charge is 0.378 e. The molecule has 0 aliphatic rings. The fourth-order valence-electron chi connectivity index (χ4n) is 0.304. The highest BCUT2D eigenvalue weighted by molar-refractivity contribution is 4.47. The quantitative estimate of drug-likeness (QED) is 0.560. The zero-order valence-corrected chi connectivity index (χ0v) is 5.57. The van der Waals surface area contributed by atoms with Gasteiger partial charge in [-0.2, -0.15) is 8.78 Å². The van der Waals surface area contributed by atoms with Gasteiger partial charge in [-0.3, -0.25) is 0 Å². The van der Waals surface area contributed by atoms with Crippen molar-refractivity contribution in [3.05, 3.63) is 0 Å². The van der Waals surface area contributed by atoms with Crippen molar-refractivity contribution in [2.45, 2.75) is 6.11 Å². The molecule has 5 heteroatoms. The molecule has 0 saturated heterocycles. The number of rotatable bonds is 5. The Hall–Kier alpha value is -0.290. The van der Waals surface area contributed by atoms with Crippen molar-refractivity contribution < 1.29 is 22.6 Å². The van der Waals surface area contributed by atoms with Gasteiger partial charge in [-0.15, -0.1) is 0 Å². The number of hydrogen-bond donors (Lipinski definition) is 0. The van der Waals surface area contributed by atoms with Gasteiger partial charge in [0.2, 0.25) is 0 Å². The Morgan fingerprint density at radius 3 is 2.40 bits per heavy atom. The van der Waals surface area contributed by atoms with Crippen LogP contribution in [-0.2, 0) is 9.47 Å². The number of alkyl halides is 3. The first kappa shape index (κ1) is 9.71. The second kappa shape index (κ2) is 4.51. The van der Waals surface area contributed by atoms with E-state index in [4.69, 9.17) is 0 Å². The summed E-state index contributed by atoms with van der Waals surface area (Å²) in [5.41, 5.74) is 0. The molecule has 0 fully saturated rings. The normalized spacial score (nSPS) is 12.0. The highest BCUT2D eigenvalue weighted by atomic mass is 19.3. The van der Waals surface area contributed by atoms with Crippen LogP contribution in [0.2, 0.25) is 0 Å². The SMILES string of the molecule is COC(F)(F)COCCF. The Labute approximate surface area is 56.9 Å². The molecular formula is C5H9F3O2. The molecule has 0 aromatic carbocycles. The molecule has 0 radical (unpaired) electrons. The van der Waals surface area contributed by atoms with Crippen molar-refractivity contribution in [3.63, 3.8) is 0 Å². The van der Waals surface area contributed by atoms with Gasteiger partial charge in [-0.1, -0.05) is 0 Å². The molecule has 0 aliphatic carbocycles. The highest BCUT2D eigenvalue weighted by Gasteiger charge is 2.28. The maximum atomic E-state index is 12.0. The van der Waals surface area contributed by atoms with Gasteiger partial charge in [-0.05, 0) is 0 Å². The molecular weight excluding hydrogens is 149 g/mol. The second-order valence-electron chi connectivity index (χ2n) is 1.58. The third-order valence-corrected chi connectivity index (χ3v) is 0.790. The summed E-state index contributed by atoms with van der Waals surface area (Å²) in [7, 11) is 0.860. The molecule has 0 aliphatic heterocycles. The Morgan fingerprint density at radius 1 is 1.40 bits per heavy atom. The van der Waals surface area contributed by atoms with Crippen LogP contribution in [0.3, 0.4) is 0 Å². The minimum atomic E-state index is -3.30. The van der Waals surface area contributed by atoms with Gasteiger partial charge < -0.3 is 9.47 Å². The number of hydrogen-bond acceptors (Lipinski definition) is 2. The zero-order chi connectivity index (χ0) is 8.04. The van der Waals surface area contributed by atoms with Crippen LogP contribution in [0.5, 0.6) is 0 Å². The van der Waals surface area contributed by atoms with Crippen LogP contribution in [-0.4, -0.2) is 33.1 Å². The minimum Gasteiger partial charge on any atom is -0.370 e. The molecule has 0 rings (SSSR count). The number of halogens is 3. The summed E-state index contributed by atoms with van der Waals surface area (Å²) in [5.74, 6) is 0. The fraction of sp³-hybridized carbons (Fsp3) is 1.00. The van der Waals surface area contributed by atoms with Gasteiger partial charge in [0.25, 0.3) is 0 Å². The predicted molar refractivity (Wildman–Crippen MR) is 28.7 cm³/mol. The topological polar surface area (TPSA) is 18.5 Å². The van der Waals surface area contributed by atoms with E-state index in [9.17, 15) is 13.2 Å². The first-order valence-electron chi connectivity index (χ1n) is 2.69. The molecule has 62 valence electrons. The van der Waals surface area contributed by atoms with Crippen molar-refractivity contribution in [2.75, 3.05) is 27.0 Å². The molecule has 0 aromatic rings. The summed E-state index contributed by atoms with van der Waals surface area (Å²) in [6, 6.07) is 0. The lowest BCUT2D eigenvalue weighted by Gasteiger charge is -2.12. The van der Waals surface area contributed by atoms with Crippen molar-refractivity contribution in [3.8, 4) is 0 Å². The van der Waals surface area contributed by atoms with Crippen LogP contribution >= 0.6 is 0 Å². The summed E-state index contributed by atoms with van der Waals surface area (Å²) >= 11 is 0. The highest BCUT2D eigenvalue weighted by Crippen LogP contribution is 2.13. The average Bonchev–Trinajstić information content (AvgIpc) is 1.89. The summed E-state index contributed by atoms with van der Waals surface area (Å²) < 4.78 is 43.2. The second-order valence-corrected chi connectivity index (χ2v) is 1.58. The van der Waals surface area contributed by atoms with Gasteiger partial charge in [0.15, 0.2) is 0 Å². The molecule has 0 aromatic heterocycles. The van der Waals surface area contributed by atoms with Gasteiger partial charge >= 0.3 is 6.11 Å². The van der Waals surface area contributed by atoms with E-state index >= 15 is 0 Å². The van der Waals surface area contributed by atoms with E-state index in [1.54, 1.807) is 0 Å². The Balaban J connectivity index is 3.28. The van der Waals surface area contributed by atoms with Crippen LogP contribution in [0.25, 0.3) is 0 Å². The minimum absolute atomic E-state index is 0.320. The molecule has 0 unspecified atom stereocenters. The van der Waals surface area contributed by atoms with Gasteiger partial charge in [0, 0.05) is 7.11 Å². The van der Waals surface area contributed by atoms with E-state index < -0.39 is 19.4 Å². The van der Waals surface area contributed by atoms with Crippen molar-refractivity contribution in [1.82, 2.24) is 0 Å². The summed E-state index contributed by atoms with van der Waals surface area (Å²) in [6.45, 7) is -1.98. The zero-order valence-electron chi connectivity index (χ0n) is 5.57. The lowest BCUT2D eigenvalue weighted by Crippen LogP contribution is -2.26. The van der Waals surface area contributed by atoms with Crippen LogP contribution < -0.4 is 0 Å². The molecule has 0 saturated carbocycles. The van der Waals surface area contributed by atoms with E-state index in [1.165, 1.54) is 0 Å². The predicted octanol–water partition coefficient (Wildman–Crippen LogP) is 1.21. The van der Waals surface area contributed by atoms with Gasteiger partial charge in [0.1, 0.15) is 13.3 Å². The van der Waals surface area contributed by atoms with E-state index in [-0.39, 0.29) is 6.61 Å². The van der Waals surface area contributed by atoms with Crippen molar-refractivity contribution >= 4 is 0 Å². The van der Waals surface area contributed by atoms with E-state index in [0.717, 1.165) is 7.11 Å². The Kier molecular flexibility index (Phi) is 4.38. The van der Waals surface area contributed by atoms with E-state index in [1.807, 2.05) is 0 Å². The molecule has 0 bridgehead atoms. The maximum absolute atomic E-state index is 12.0. The van der Waals surface area contributed by atoms with Crippen molar-refractivity contribution in [2.24, 2.45) is 0 Å².